The van der Waals surface area contributed by atoms with Gasteiger partial charge >= 0.3 is 0 Å². The van der Waals surface area contributed by atoms with E-state index in [1.165, 1.54) is 32.1 Å². The van der Waals surface area contributed by atoms with Crippen molar-refractivity contribution in [2.45, 2.75) is 45.1 Å². The number of rotatable bonds is 4. The molecule has 4 fully saturated rings. The number of nitrogens with zero attached hydrogens (tertiary/aromatic N) is 4. The topological polar surface area (TPSA) is 121 Å². The highest BCUT2D eigenvalue weighted by Gasteiger charge is 2.48. The summed E-state index contributed by atoms with van der Waals surface area (Å²) in [4.78, 5) is 24.1. The fourth-order valence-electron chi connectivity index (χ4n) is 5.84. The Balaban J connectivity index is 1.31. The second-order valence-corrected chi connectivity index (χ2v) is 9.20. The third kappa shape index (κ3) is 4.01. The quantitative estimate of drug-likeness (QED) is 0.372. The van der Waals surface area contributed by atoms with E-state index in [-0.39, 0.29) is 35.0 Å². The molecule has 4 saturated carbocycles. The molecule has 4 N–H and O–H groups in total. The summed E-state index contributed by atoms with van der Waals surface area (Å²) in [6.07, 6.45) is 6.31. The van der Waals surface area contributed by atoms with E-state index < -0.39 is 17.2 Å². The predicted octanol–water partition coefficient (Wildman–Crippen LogP) is 4.32. The van der Waals surface area contributed by atoms with Gasteiger partial charge in [0.05, 0.1) is 11.7 Å². The van der Waals surface area contributed by atoms with Crippen LogP contribution >= 0.6 is 0 Å². The Morgan fingerprint density at radius 1 is 1.12 bits per heavy atom. The number of nitrogens with two attached hydrogens (primary N) is 1. The summed E-state index contributed by atoms with van der Waals surface area (Å²) in [6.45, 7) is 1.58. The fourth-order valence-corrected chi connectivity index (χ4v) is 5.84. The van der Waals surface area contributed by atoms with E-state index in [2.05, 4.69) is 25.5 Å². The van der Waals surface area contributed by atoms with Crippen LogP contribution in [0.15, 0.2) is 38.2 Å². The van der Waals surface area contributed by atoms with Crippen molar-refractivity contribution in [3.05, 3.63) is 45.9 Å². The van der Waals surface area contributed by atoms with E-state index in [1.54, 1.807) is 6.92 Å². The summed E-state index contributed by atoms with van der Waals surface area (Å²) in [7, 11) is 0. The zero-order chi connectivity index (χ0) is 22.4. The SMILES string of the molecule is Cc1nc(NC(N)=NC2C3CC4CC(C3)CC2C4)[nH]c(=O)c1N=Nc1ccc(F)cc1F. The van der Waals surface area contributed by atoms with Crippen LogP contribution in [0.1, 0.15) is 37.8 Å². The van der Waals surface area contributed by atoms with Crippen molar-refractivity contribution in [2.75, 3.05) is 5.32 Å². The molecule has 1 aromatic heterocycles. The van der Waals surface area contributed by atoms with Crippen molar-refractivity contribution in [1.29, 1.82) is 0 Å². The second-order valence-electron chi connectivity index (χ2n) is 9.20. The Labute approximate surface area is 183 Å². The average molecular weight is 441 g/mol. The molecule has 0 aliphatic heterocycles. The number of anilines is 1. The molecule has 6 rings (SSSR count). The maximum absolute atomic E-state index is 13.7. The van der Waals surface area contributed by atoms with Crippen LogP contribution in [0.3, 0.4) is 0 Å². The van der Waals surface area contributed by atoms with Crippen LogP contribution in [-0.2, 0) is 0 Å². The van der Waals surface area contributed by atoms with Crippen molar-refractivity contribution >= 4 is 23.3 Å². The summed E-state index contributed by atoms with van der Waals surface area (Å²) < 4.78 is 26.7. The number of H-pyrrole nitrogens is 1. The fraction of sp³-hybridized carbons (Fsp3) is 0.500. The molecule has 32 heavy (non-hydrogen) atoms. The van der Waals surface area contributed by atoms with E-state index in [0.29, 0.717) is 17.9 Å². The number of benzene rings is 1. The van der Waals surface area contributed by atoms with Crippen LogP contribution in [-0.4, -0.2) is 22.0 Å². The molecule has 0 amide bonds. The Morgan fingerprint density at radius 3 is 2.44 bits per heavy atom. The number of guanidine groups is 1. The van der Waals surface area contributed by atoms with Crippen LogP contribution in [0.25, 0.3) is 0 Å². The lowest BCUT2D eigenvalue weighted by atomic mass is 9.54. The first-order chi connectivity index (χ1) is 15.4. The Kier molecular flexibility index (Phi) is 5.22. The zero-order valence-electron chi connectivity index (χ0n) is 17.7. The number of aromatic amines is 1. The van der Waals surface area contributed by atoms with E-state index >= 15 is 0 Å². The molecular formula is C22H25F2N7O. The van der Waals surface area contributed by atoms with Gasteiger partial charge in [-0.05, 0) is 74.8 Å². The molecule has 4 aliphatic carbocycles. The Hall–Kier alpha value is -3.17. The summed E-state index contributed by atoms with van der Waals surface area (Å²) in [5.74, 6) is 1.68. The van der Waals surface area contributed by atoms with Crippen LogP contribution in [0, 0.1) is 42.2 Å². The number of halogens is 2. The highest BCUT2D eigenvalue weighted by atomic mass is 19.1. The monoisotopic (exact) mass is 441 g/mol. The Bertz CT molecular complexity index is 1130. The first kappa shape index (κ1) is 20.7. The number of hydrogen-bond acceptors (Lipinski definition) is 5. The van der Waals surface area contributed by atoms with Crippen molar-refractivity contribution < 1.29 is 8.78 Å². The van der Waals surface area contributed by atoms with Gasteiger partial charge in [0.15, 0.2) is 17.5 Å². The van der Waals surface area contributed by atoms with Crippen LogP contribution < -0.4 is 16.6 Å². The van der Waals surface area contributed by atoms with Gasteiger partial charge < -0.3 is 5.73 Å². The number of hydrogen-bond donors (Lipinski definition) is 3. The molecule has 4 aliphatic rings. The molecule has 0 saturated heterocycles. The molecule has 1 heterocycles. The summed E-state index contributed by atoms with van der Waals surface area (Å²) in [5, 5.41) is 10.4. The first-order valence-electron chi connectivity index (χ1n) is 10.9. The van der Waals surface area contributed by atoms with Gasteiger partial charge in [-0.1, -0.05) is 0 Å². The minimum Gasteiger partial charge on any atom is -0.370 e. The van der Waals surface area contributed by atoms with Crippen LogP contribution in [0.4, 0.5) is 26.1 Å². The van der Waals surface area contributed by atoms with Gasteiger partial charge in [-0.15, -0.1) is 10.2 Å². The highest BCUT2D eigenvalue weighted by molar-refractivity contribution is 5.90. The molecule has 168 valence electrons. The first-order valence-corrected chi connectivity index (χ1v) is 10.9. The minimum atomic E-state index is -0.872. The van der Waals surface area contributed by atoms with Gasteiger partial charge in [-0.2, -0.15) is 0 Å². The minimum absolute atomic E-state index is 0.0733. The van der Waals surface area contributed by atoms with Crippen molar-refractivity contribution in [3.8, 4) is 0 Å². The van der Waals surface area contributed by atoms with Crippen molar-refractivity contribution in [3.63, 3.8) is 0 Å². The zero-order valence-corrected chi connectivity index (χ0v) is 17.7. The Morgan fingerprint density at radius 2 is 1.81 bits per heavy atom. The molecule has 4 bridgehead atoms. The normalized spacial score (nSPS) is 29.1. The maximum atomic E-state index is 13.7. The van der Waals surface area contributed by atoms with Crippen molar-refractivity contribution in [1.82, 2.24) is 9.97 Å². The van der Waals surface area contributed by atoms with Crippen molar-refractivity contribution in [2.24, 2.45) is 44.6 Å². The molecule has 2 aromatic rings. The molecule has 0 spiro atoms. The molecule has 8 nitrogen and oxygen atoms in total. The van der Waals surface area contributed by atoms with Gasteiger partial charge in [0.2, 0.25) is 5.95 Å². The predicted molar refractivity (Wildman–Crippen MR) is 116 cm³/mol. The number of aromatic nitrogens is 2. The van der Waals surface area contributed by atoms with Gasteiger partial charge in [-0.25, -0.2) is 18.8 Å². The lowest BCUT2D eigenvalue weighted by Gasteiger charge is -2.53. The largest absolute Gasteiger partial charge is 0.370 e. The molecular weight excluding hydrogens is 416 g/mol. The molecule has 0 unspecified atom stereocenters. The molecule has 1 aromatic carbocycles. The van der Waals surface area contributed by atoms with Crippen LogP contribution in [0.2, 0.25) is 0 Å². The molecule has 0 atom stereocenters. The maximum Gasteiger partial charge on any atom is 0.280 e. The third-order valence-corrected chi connectivity index (χ3v) is 6.95. The summed E-state index contributed by atoms with van der Waals surface area (Å²) in [5.41, 5.74) is 5.62. The average Bonchev–Trinajstić information content (AvgIpc) is 2.71. The van der Waals surface area contributed by atoms with Gasteiger partial charge in [0.25, 0.3) is 5.56 Å². The number of aryl methyl sites for hydroxylation is 1. The highest BCUT2D eigenvalue weighted by Crippen LogP contribution is 2.54. The lowest BCUT2D eigenvalue weighted by molar-refractivity contribution is 0.00124. The number of aliphatic imine (C=N–C) groups is 1. The van der Waals surface area contributed by atoms with Crippen LogP contribution in [0.5, 0.6) is 0 Å². The lowest BCUT2D eigenvalue weighted by Crippen LogP contribution is -2.48. The van der Waals surface area contributed by atoms with Gasteiger partial charge in [0.1, 0.15) is 11.5 Å². The number of azo groups is 1. The van der Waals surface area contributed by atoms with E-state index in [4.69, 9.17) is 10.7 Å². The molecule has 0 radical (unpaired) electrons. The van der Waals surface area contributed by atoms with E-state index in [9.17, 15) is 13.6 Å². The van der Waals surface area contributed by atoms with Gasteiger partial charge in [-0.3, -0.25) is 15.1 Å². The van der Waals surface area contributed by atoms with E-state index in [1.807, 2.05) is 0 Å². The smallest absolute Gasteiger partial charge is 0.280 e. The third-order valence-electron chi connectivity index (χ3n) is 6.95. The standard InChI is InChI=1S/C22H25F2N7O/c1-10-18(31-30-17-3-2-15(23)9-16(17)24)20(32)28-22(26-10)29-21(25)27-19-13-5-11-4-12(7-13)8-14(19)6-11/h2-3,9,11-14,19H,4-8H2,1H3,(H4,25,26,27,28,29,32). The summed E-state index contributed by atoms with van der Waals surface area (Å²) in [6, 6.07) is 3.12. The molecule has 10 heteroatoms. The summed E-state index contributed by atoms with van der Waals surface area (Å²) >= 11 is 0. The second kappa shape index (κ2) is 8.07. The number of nitrogens with one attached hydrogen (secondary N) is 2. The van der Waals surface area contributed by atoms with Gasteiger partial charge in [0, 0.05) is 6.07 Å². The van der Waals surface area contributed by atoms with E-state index in [0.717, 1.165) is 24.0 Å².